The van der Waals surface area contributed by atoms with E-state index in [4.69, 9.17) is 17.3 Å². The van der Waals surface area contributed by atoms with Crippen molar-refractivity contribution in [3.05, 3.63) is 58.4 Å². The van der Waals surface area contributed by atoms with E-state index in [1.165, 1.54) is 17.9 Å². The van der Waals surface area contributed by atoms with E-state index in [9.17, 15) is 18.8 Å². The predicted octanol–water partition coefficient (Wildman–Crippen LogP) is 2.88. The third-order valence-electron chi connectivity index (χ3n) is 4.52. The molecule has 0 bridgehead atoms. The van der Waals surface area contributed by atoms with E-state index in [-0.39, 0.29) is 35.7 Å². The highest BCUT2D eigenvalue weighted by Gasteiger charge is 2.35. The van der Waals surface area contributed by atoms with Gasteiger partial charge in [0.2, 0.25) is 17.7 Å². The summed E-state index contributed by atoms with van der Waals surface area (Å²) in [5.41, 5.74) is 6.14. The topological polar surface area (TPSA) is 92.5 Å². The van der Waals surface area contributed by atoms with Gasteiger partial charge in [0.15, 0.2) is 0 Å². The smallest absolute Gasteiger partial charge is 0.248 e. The predicted molar refractivity (Wildman–Crippen MR) is 100 cm³/mol. The molecule has 3 N–H and O–H groups in total. The molecule has 0 spiro atoms. The molecule has 1 heterocycles. The number of benzene rings is 2. The zero-order chi connectivity index (χ0) is 19.7. The maximum Gasteiger partial charge on any atom is 0.248 e. The zero-order valence-corrected chi connectivity index (χ0v) is 15.2. The number of nitrogens with two attached hydrogens (primary N) is 1. The zero-order valence-electron chi connectivity index (χ0n) is 14.5. The Bertz CT molecular complexity index is 931. The summed E-state index contributed by atoms with van der Waals surface area (Å²) in [6.07, 6.45) is 0.0332. The number of halogens is 2. The minimum atomic E-state index is -0.797. The molecule has 0 saturated carbocycles. The largest absolute Gasteiger partial charge is 0.366 e. The average Bonchev–Trinajstić information content (AvgIpc) is 3.01. The molecule has 1 fully saturated rings. The molecule has 1 aliphatic rings. The molecule has 1 atom stereocenters. The highest BCUT2D eigenvalue weighted by Crippen LogP contribution is 2.28. The van der Waals surface area contributed by atoms with Crippen molar-refractivity contribution in [2.45, 2.75) is 13.3 Å². The summed E-state index contributed by atoms with van der Waals surface area (Å²) >= 11 is 5.86. The average molecular weight is 390 g/mol. The third kappa shape index (κ3) is 3.93. The number of hydrogen-bond acceptors (Lipinski definition) is 3. The second-order valence-corrected chi connectivity index (χ2v) is 6.80. The van der Waals surface area contributed by atoms with E-state index in [1.54, 1.807) is 24.3 Å². The molecule has 1 saturated heterocycles. The van der Waals surface area contributed by atoms with Crippen LogP contribution in [0.5, 0.6) is 0 Å². The maximum absolute atomic E-state index is 14.0. The number of hydrogen-bond donors (Lipinski definition) is 2. The van der Waals surface area contributed by atoms with Crippen molar-refractivity contribution < 1.29 is 18.8 Å². The van der Waals surface area contributed by atoms with E-state index >= 15 is 0 Å². The first kappa shape index (κ1) is 18.8. The van der Waals surface area contributed by atoms with Crippen molar-refractivity contribution >= 4 is 40.7 Å². The monoisotopic (exact) mass is 389 g/mol. The van der Waals surface area contributed by atoms with E-state index in [0.29, 0.717) is 10.7 Å². The lowest BCUT2D eigenvalue weighted by atomic mass is 10.1. The maximum atomic E-state index is 14.0. The van der Waals surface area contributed by atoms with Gasteiger partial charge in [-0.1, -0.05) is 11.6 Å². The van der Waals surface area contributed by atoms with E-state index in [0.717, 1.165) is 6.07 Å². The van der Waals surface area contributed by atoms with Gasteiger partial charge in [0, 0.05) is 40.5 Å². The molecule has 1 aliphatic heterocycles. The van der Waals surface area contributed by atoms with Crippen LogP contribution in [0.4, 0.5) is 15.8 Å². The molecule has 1 unspecified atom stereocenters. The summed E-state index contributed by atoms with van der Waals surface area (Å²) < 4.78 is 14.0. The minimum absolute atomic E-state index is 0.0332. The summed E-state index contributed by atoms with van der Waals surface area (Å²) in [6, 6.07) is 9.09. The second kappa shape index (κ2) is 7.36. The van der Waals surface area contributed by atoms with Crippen LogP contribution in [0.15, 0.2) is 36.4 Å². The van der Waals surface area contributed by atoms with Crippen LogP contribution in [0.1, 0.15) is 22.3 Å². The molecular formula is C19H17ClFN3O3. The van der Waals surface area contributed by atoms with Crippen molar-refractivity contribution in [3.8, 4) is 0 Å². The van der Waals surface area contributed by atoms with Gasteiger partial charge < -0.3 is 16.0 Å². The third-order valence-corrected chi connectivity index (χ3v) is 4.77. The van der Waals surface area contributed by atoms with Gasteiger partial charge in [-0.25, -0.2) is 4.39 Å². The first-order valence-corrected chi connectivity index (χ1v) is 8.61. The van der Waals surface area contributed by atoms with Gasteiger partial charge in [0.05, 0.1) is 5.92 Å². The van der Waals surface area contributed by atoms with Crippen LogP contribution in [0.25, 0.3) is 0 Å². The first-order chi connectivity index (χ1) is 12.8. The standard InChI is InChI=1S/C19H17ClFN3O3/c1-10-15(21)6-11(18(22)26)7-16(10)23-19(27)12-8-17(25)24(9-12)14-4-2-13(20)3-5-14/h2-7,12H,8-9H2,1H3,(H2,22,26)(H,23,27). The quantitative estimate of drug-likeness (QED) is 0.842. The number of anilines is 2. The van der Waals surface area contributed by atoms with Gasteiger partial charge >= 0.3 is 0 Å². The van der Waals surface area contributed by atoms with E-state index in [1.807, 2.05) is 0 Å². The van der Waals surface area contributed by atoms with Crippen LogP contribution in [0.3, 0.4) is 0 Å². The molecule has 8 heteroatoms. The van der Waals surface area contributed by atoms with Gasteiger partial charge in [-0.3, -0.25) is 14.4 Å². The number of nitrogens with one attached hydrogen (secondary N) is 1. The lowest BCUT2D eigenvalue weighted by Gasteiger charge is -2.17. The molecular weight excluding hydrogens is 373 g/mol. The lowest BCUT2D eigenvalue weighted by Crippen LogP contribution is -2.28. The summed E-state index contributed by atoms with van der Waals surface area (Å²) in [6.45, 7) is 1.68. The molecule has 3 amide bonds. The Labute approximate surface area is 160 Å². The van der Waals surface area contributed by atoms with Crippen LogP contribution < -0.4 is 16.0 Å². The molecule has 140 valence electrons. The van der Waals surface area contributed by atoms with Gasteiger partial charge in [0.1, 0.15) is 5.82 Å². The van der Waals surface area contributed by atoms with Gasteiger partial charge in [-0.05, 0) is 43.3 Å². The molecule has 0 aliphatic carbocycles. The van der Waals surface area contributed by atoms with Crippen molar-refractivity contribution in [2.24, 2.45) is 11.7 Å². The Balaban J connectivity index is 1.77. The van der Waals surface area contributed by atoms with Crippen LogP contribution in [0, 0.1) is 18.7 Å². The Kier molecular flexibility index (Phi) is 5.14. The van der Waals surface area contributed by atoms with Gasteiger partial charge in [-0.2, -0.15) is 0 Å². The lowest BCUT2D eigenvalue weighted by molar-refractivity contribution is -0.122. The Hall–Kier alpha value is -2.93. The molecule has 27 heavy (non-hydrogen) atoms. The second-order valence-electron chi connectivity index (χ2n) is 6.37. The summed E-state index contributed by atoms with van der Waals surface area (Å²) in [5, 5.41) is 3.15. The molecule has 0 aromatic heterocycles. The van der Waals surface area contributed by atoms with Crippen LogP contribution in [-0.2, 0) is 9.59 Å². The number of carbonyl (C=O) groups is 3. The fraction of sp³-hybridized carbons (Fsp3) is 0.211. The fourth-order valence-corrected chi connectivity index (χ4v) is 3.07. The Morgan fingerprint density at radius 1 is 1.26 bits per heavy atom. The van der Waals surface area contributed by atoms with Crippen LogP contribution in [0.2, 0.25) is 5.02 Å². The van der Waals surface area contributed by atoms with Crippen LogP contribution in [-0.4, -0.2) is 24.3 Å². The van der Waals surface area contributed by atoms with E-state index < -0.39 is 23.5 Å². The minimum Gasteiger partial charge on any atom is -0.366 e. The SMILES string of the molecule is Cc1c(F)cc(C(N)=O)cc1NC(=O)C1CC(=O)N(c2ccc(Cl)cc2)C1. The van der Waals surface area contributed by atoms with Crippen molar-refractivity contribution in [1.82, 2.24) is 0 Å². The number of rotatable bonds is 4. The van der Waals surface area contributed by atoms with Gasteiger partial charge in [0.25, 0.3) is 0 Å². The summed E-state index contributed by atoms with van der Waals surface area (Å²) in [4.78, 5) is 37.7. The molecule has 6 nitrogen and oxygen atoms in total. The fourth-order valence-electron chi connectivity index (χ4n) is 2.94. The molecule has 2 aromatic carbocycles. The normalized spacial score (nSPS) is 16.5. The number of amides is 3. The number of primary amides is 1. The molecule has 2 aromatic rings. The van der Waals surface area contributed by atoms with Crippen LogP contribution >= 0.6 is 11.6 Å². The Morgan fingerprint density at radius 3 is 2.56 bits per heavy atom. The summed E-state index contributed by atoms with van der Waals surface area (Å²) in [5.74, 6) is -2.66. The summed E-state index contributed by atoms with van der Waals surface area (Å²) in [7, 11) is 0. The van der Waals surface area contributed by atoms with E-state index in [2.05, 4.69) is 5.32 Å². The van der Waals surface area contributed by atoms with Gasteiger partial charge in [-0.15, -0.1) is 0 Å². The highest BCUT2D eigenvalue weighted by atomic mass is 35.5. The number of carbonyl (C=O) groups excluding carboxylic acids is 3. The first-order valence-electron chi connectivity index (χ1n) is 8.23. The number of nitrogens with zero attached hydrogens (tertiary/aromatic N) is 1. The van der Waals surface area contributed by atoms with Crippen molar-refractivity contribution in [1.29, 1.82) is 0 Å². The molecule has 3 rings (SSSR count). The Morgan fingerprint density at radius 2 is 1.93 bits per heavy atom. The molecule has 0 radical (unpaired) electrons. The van der Waals surface area contributed by atoms with Crippen molar-refractivity contribution in [3.63, 3.8) is 0 Å². The highest BCUT2D eigenvalue weighted by molar-refractivity contribution is 6.30. The van der Waals surface area contributed by atoms with Crippen molar-refractivity contribution in [2.75, 3.05) is 16.8 Å².